The van der Waals surface area contributed by atoms with Gasteiger partial charge in [0.05, 0.1) is 4.90 Å². The van der Waals surface area contributed by atoms with Gasteiger partial charge in [-0.25, -0.2) is 13.2 Å². The summed E-state index contributed by atoms with van der Waals surface area (Å²) in [6.07, 6.45) is 2.63. The Labute approximate surface area is 154 Å². The molecule has 26 heavy (non-hydrogen) atoms. The molecular weight excluding hydrogens is 356 g/mol. The van der Waals surface area contributed by atoms with Crippen molar-refractivity contribution >= 4 is 21.9 Å². The number of carbonyl (C=O) groups is 2. The number of sulfonamides is 1. The molecule has 0 aliphatic carbocycles. The number of carbonyl (C=O) groups excluding carboxylic acids is 1. The molecule has 0 radical (unpaired) electrons. The van der Waals surface area contributed by atoms with Crippen molar-refractivity contribution in [1.29, 1.82) is 0 Å². The fourth-order valence-electron chi connectivity index (χ4n) is 3.10. The predicted octanol–water partition coefficient (Wildman–Crippen LogP) is 2.09. The largest absolute Gasteiger partial charge is 0.480 e. The molecule has 1 heterocycles. The van der Waals surface area contributed by atoms with Crippen LogP contribution in [0.2, 0.25) is 0 Å². The van der Waals surface area contributed by atoms with Crippen molar-refractivity contribution in [3.05, 3.63) is 29.8 Å². The van der Waals surface area contributed by atoms with Gasteiger partial charge in [0, 0.05) is 18.2 Å². The lowest BCUT2D eigenvalue weighted by atomic mass is 10.0. The molecular formula is C18H26N2O5S. The second-order valence-electron chi connectivity index (χ2n) is 7.02. The third kappa shape index (κ3) is 4.42. The first-order chi connectivity index (χ1) is 12.1. The van der Waals surface area contributed by atoms with Crippen LogP contribution in [0.25, 0.3) is 0 Å². The Morgan fingerprint density at radius 1 is 1.27 bits per heavy atom. The van der Waals surface area contributed by atoms with Gasteiger partial charge >= 0.3 is 5.97 Å². The number of benzene rings is 1. The van der Waals surface area contributed by atoms with Crippen LogP contribution in [0, 0.1) is 5.92 Å². The van der Waals surface area contributed by atoms with Crippen LogP contribution < -0.4 is 5.32 Å². The molecule has 1 aliphatic heterocycles. The lowest BCUT2D eigenvalue weighted by Crippen LogP contribution is -2.44. The molecule has 1 amide bonds. The average Bonchev–Trinajstić information content (AvgIpc) is 2.59. The van der Waals surface area contributed by atoms with Gasteiger partial charge in [-0.1, -0.05) is 26.3 Å². The molecule has 2 unspecified atom stereocenters. The molecule has 1 aliphatic rings. The highest BCUT2D eigenvalue weighted by Gasteiger charge is 2.31. The molecule has 0 saturated carbocycles. The summed E-state index contributed by atoms with van der Waals surface area (Å²) in [7, 11) is -3.69. The summed E-state index contributed by atoms with van der Waals surface area (Å²) in [5.41, 5.74) is 0.127. The molecule has 1 aromatic carbocycles. The first-order valence-corrected chi connectivity index (χ1v) is 10.2. The summed E-state index contributed by atoms with van der Waals surface area (Å²) in [5, 5.41) is 11.7. The van der Waals surface area contributed by atoms with E-state index in [2.05, 4.69) is 5.32 Å². The average molecular weight is 382 g/mol. The van der Waals surface area contributed by atoms with Gasteiger partial charge in [0.2, 0.25) is 10.0 Å². The third-order valence-corrected chi connectivity index (χ3v) is 6.67. The smallest absolute Gasteiger partial charge is 0.326 e. The molecule has 0 aromatic heterocycles. The molecule has 0 spiro atoms. The van der Waals surface area contributed by atoms with Crippen LogP contribution in [0.5, 0.6) is 0 Å². The minimum absolute atomic E-state index is 0.0512. The Hall–Kier alpha value is -1.93. The Bertz CT molecular complexity index is 776. The van der Waals surface area contributed by atoms with Gasteiger partial charge in [0.25, 0.3) is 5.91 Å². The number of carboxylic acid groups (broad SMARTS) is 1. The molecule has 8 heteroatoms. The summed E-state index contributed by atoms with van der Waals surface area (Å²) < 4.78 is 27.3. The third-order valence-electron chi connectivity index (χ3n) is 4.66. The van der Waals surface area contributed by atoms with Gasteiger partial charge in [0.1, 0.15) is 6.04 Å². The van der Waals surface area contributed by atoms with Crippen LogP contribution in [0.1, 0.15) is 50.4 Å². The van der Waals surface area contributed by atoms with E-state index in [4.69, 9.17) is 0 Å². The molecule has 144 valence electrons. The van der Waals surface area contributed by atoms with Crippen molar-refractivity contribution in [3.63, 3.8) is 0 Å². The van der Waals surface area contributed by atoms with Crippen LogP contribution in [0.3, 0.4) is 0 Å². The van der Waals surface area contributed by atoms with E-state index in [0.717, 1.165) is 19.3 Å². The topological polar surface area (TPSA) is 104 Å². The Balaban J connectivity index is 2.27. The fourth-order valence-corrected chi connectivity index (χ4v) is 4.85. The van der Waals surface area contributed by atoms with E-state index in [1.54, 1.807) is 13.8 Å². The number of amides is 1. The number of rotatable bonds is 6. The summed E-state index contributed by atoms with van der Waals surface area (Å²) in [4.78, 5) is 23.7. The number of hydrogen-bond acceptors (Lipinski definition) is 4. The van der Waals surface area contributed by atoms with Crippen molar-refractivity contribution in [2.75, 3.05) is 6.54 Å². The van der Waals surface area contributed by atoms with E-state index >= 15 is 0 Å². The maximum Gasteiger partial charge on any atom is 0.326 e. The Morgan fingerprint density at radius 2 is 1.96 bits per heavy atom. The fraction of sp³-hybridized carbons (Fsp3) is 0.556. The zero-order valence-electron chi connectivity index (χ0n) is 15.3. The molecule has 2 rings (SSSR count). The highest BCUT2D eigenvalue weighted by Crippen LogP contribution is 2.25. The number of carboxylic acids is 1. The number of nitrogens with zero attached hydrogens (tertiary/aromatic N) is 1. The van der Waals surface area contributed by atoms with Gasteiger partial charge < -0.3 is 10.4 Å². The van der Waals surface area contributed by atoms with Crippen LogP contribution in [0.15, 0.2) is 29.2 Å². The first-order valence-electron chi connectivity index (χ1n) is 8.80. The summed E-state index contributed by atoms with van der Waals surface area (Å²) >= 11 is 0. The van der Waals surface area contributed by atoms with Gasteiger partial charge in [-0.05, 0) is 43.9 Å². The van der Waals surface area contributed by atoms with E-state index in [0.29, 0.717) is 6.54 Å². The molecule has 2 atom stereocenters. The van der Waals surface area contributed by atoms with Gasteiger partial charge in [0.15, 0.2) is 0 Å². The summed E-state index contributed by atoms with van der Waals surface area (Å²) in [6, 6.07) is 4.64. The van der Waals surface area contributed by atoms with Crippen LogP contribution >= 0.6 is 0 Å². The quantitative estimate of drug-likeness (QED) is 0.784. The van der Waals surface area contributed by atoms with Crippen molar-refractivity contribution < 1.29 is 23.1 Å². The van der Waals surface area contributed by atoms with Crippen molar-refractivity contribution in [2.24, 2.45) is 5.92 Å². The lowest BCUT2D eigenvalue weighted by molar-refractivity contribution is -0.140. The monoisotopic (exact) mass is 382 g/mol. The van der Waals surface area contributed by atoms with Crippen molar-refractivity contribution in [1.82, 2.24) is 9.62 Å². The van der Waals surface area contributed by atoms with Crippen LogP contribution in [-0.4, -0.2) is 48.3 Å². The van der Waals surface area contributed by atoms with E-state index in [-0.39, 0.29) is 22.4 Å². The standard InChI is InChI=1S/C18H26N2O5S/c1-12(2)16(18(22)23)19-17(21)14-8-6-9-15(11-14)26(24,25)20-10-5-4-7-13(20)3/h6,8-9,11-13,16H,4-5,7,10H2,1-3H3,(H,19,21)(H,22,23). The second-order valence-corrected chi connectivity index (χ2v) is 8.91. The number of hydrogen-bond donors (Lipinski definition) is 2. The highest BCUT2D eigenvalue weighted by atomic mass is 32.2. The van der Waals surface area contributed by atoms with E-state index in [1.807, 2.05) is 6.92 Å². The zero-order valence-corrected chi connectivity index (χ0v) is 16.1. The SMILES string of the molecule is CC(C)C(NC(=O)c1cccc(S(=O)(=O)N2CCCCC2C)c1)C(=O)O. The normalized spacial score (nSPS) is 19.9. The highest BCUT2D eigenvalue weighted by molar-refractivity contribution is 7.89. The first kappa shape index (κ1) is 20.4. The molecule has 0 bridgehead atoms. The minimum atomic E-state index is -3.69. The van der Waals surface area contributed by atoms with E-state index < -0.39 is 27.9 Å². The van der Waals surface area contributed by atoms with Gasteiger partial charge in [-0.15, -0.1) is 0 Å². The molecule has 7 nitrogen and oxygen atoms in total. The minimum Gasteiger partial charge on any atom is -0.480 e. The second kappa shape index (κ2) is 8.18. The number of aliphatic carboxylic acids is 1. The van der Waals surface area contributed by atoms with Crippen LogP contribution in [-0.2, 0) is 14.8 Å². The summed E-state index contributed by atoms with van der Waals surface area (Å²) in [6.45, 7) is 5.73. The van der Waals surface area contributed by atoms with Crippen molar-refractivity contribution in [3.8, 4) is 0 Å². The van der Waals surface area contributed by atoms with Gasteiger partial charge in [-0.2, -0.15) is 4.31 Å². The lowest BCUT2D eigenvalue weighted by Gasteiger charge is -2.32. The summed E-state index contributed by atoms with van der Waals surface area (Å²) in [5.74, 6) is -2.02. The Morgan fingerprint density at radius 3 is 2.54 bits per heavy atom. The maximum absolute atomic E-state index is 12.9. The van der Waals surface area contributed by atoms with E-state index in [9.17, 15) is 23.1 Å². The molecule has 1 fully saturated rings. The van der Waals surface area contributed by atoms with E-state index in [1.165, 1.54) is 28.6 Å². The van der Waals surface area contributed by atoms with Gasteiger partial charge in [-0.3, -0.25) is 4.79 Å². The molecule has 1 aromatic rings. The number of nitrogens with one attached hydrogen (secondary N) is 1. The maximum atomic E-state index is 12.9. The Kier molecular flexibility index (Phi) is 6.41. The number of piperidine rings is 1. The molecule has 2 N–H and O–H groups in total. The van der Waals surface area contributed by atoms with Crippen molar-refractivity contribution in [2.45, 2.75) is 57.0 Å². The predicted molar refractivity (Wildman–Crippen MR) is 97.4 cm³/mol. The van der Waals surface area contributed by atoms with Crippen LogP contribution in [0.4, 0.5) is 0 Å². The zero-order chi connectivity index (χ0) is 19.5. The molecule has 1 saturated heterocycles.